The molecule has 26 heavy (non-hydrogen) atoms. The van der Waals surface area contributed by atoms with E-state index in [1.807, 2.05) is 30.3 Å². The Morgan fingerprint density at radius 2 is 2.08 bits per heavy atom. The average Bonchev–Trinajstić information content (AvgIpc) is 2.59. The third-order valence-corrected chi connectivity index (χ3v) is 5.79. The lowest BCUT2D eigenvalue weighted by molar-refractivity contribution is 0.381. The van der Waals surface area contributed by atoms with Gasteiger partial charge in [0.1, 0.15) is 0 Å². The predicted octanol–water partition coefficient (Wildman–Crippen LogP) is 6.63. The molecule has 2 aromatic rings. The number of nitriles is 1. The van der Waals surface area contributed by atoms with Crippen molar-refractivity contribution < 1.29 is 0 Å². The number of fused-ring (bicyclic) bond motifs is 1. The molecular formula is C23H25BrN2. The van der Waals surface area contributed by atoms with E-state index in [0.717, 1.165) is 28.6 Å². The van der Waals surface area contributed by atoms with E-state index in [4.69, 9.17) is 0 Å². The second-order valence-electron chi connectivity index (χ2n) is 7.66. The van der Waals surface area contributed by atoms with Gasteiger partial charge < -0.3 is 4.90 Å². The molecule has 0 spiro atoms. The Balaban J connectivity index is 2.04. The molecule has 1 heterocycles. The Bertz CT molecular complexity index is 889. The highest BCUT2D eigenvalue weighted by Gasteiger charge is 2.35. The molecule has 0 unspecified atom stereocenters. The number of halogens is 1. The van der Waals surface area contributed by atoms with Gasteiger partial charge in [0.25, 0.3) is 0 Å². The minimum Gasteiger partial charge on any atom is -0.366 e. The molecule has 0 radical (unpaired) electrons. The third kappa shape index (κ3) is 3.57. The first kappa shape index (κ1) is 18.7. The van der Waals surface area contributed by atoms with Crippen LogP contribution < -0.4 is 4.90 Å². The van der Waals surface area contributed by atoms with Crippen molar-refractivity contribution in [2.24, 2.45) is 0 Å². The highest BCUT2D eigenvalue weighted by atomic mass is 79.9. The second kappa shape index (κ2) is 7.29. The summed E-state index contributed by atoms with van der Waals surface area (Å²) < 4.78 is 0.982. The van der Waals surface area contributed by atoms with Gasteiger partial charge in [0.05, 0.1) is 11.6 Å². The number of allylic oxidation sites excluding steroid dienone is 1. The summed E-state index contributed by atoms with van der Waals surface area (Å²) >= 11 is 3.49. The van der Waals surface area contributed by atoms with Crippen molar-refractivity contribution in [3.05, 3.63) is 63.6 Å². The first-order valence-corrected chi connectivity index (χ1v) is 9.94. The molecule has 3 rings (SSSR count). The summed E-state index contributed by atoms with van der Waals surface area (Å²) in [6, 6.07) is 16.8. The van der Waals surface area contributed by atoms with Crippen molar-refractivity contribution in [3.8, 4) is 6.07 Å². The zero-order valence-electron chi connectivity index (χ0n) is 15.9. The smallest absolute Gasteiger partial charge is 0.0998 e. The van der Waals surface area contributed by atoms with Crippen LogP contribution in [0.4, 0.5) is 5.69 Å². The van der Waals surface area contributed by atoms with E-state index < -0.39 is 0 Å². The molecule has 1 atom stereocenters. The number of hydrogen-bond acceptors (Lipinski definition) is 2. The maximum Gasteiger partial charge on any atom is 0.0998 e. The average molecular weight is 409 g/mol. The largest absolute Gasteiger partial charge is 0.366 e. The molecule has 0 aromatic heterocycles. The Morgan fingerprint density at radius 3 is 2.73 bits per heavy atom. The van der Waals surface area contributed by atoms with Crippen LogP contribution in [0.3, 0.4) is 0 Å². The molecule has 0 aliphatic carbocycles. The van der Waals surface area contributed by atoms with Crippen LogP contribution in [0.1, 0.15) is 56.7 Å². The molecule has 3 heteroatoms. The Morgan fingerprint density at radius 1 is 1.31 bits per heavy atom. The van der Waals surface area contributed by atoms with Crippen LogP contribution in [0.2, 0.25) is 0 Å². The lowest BCUT2D eigenvalue weighted by Crippen LogP contribution is -2.48. The van der Waals surface area contributed by atoms with Gasteiger partial charge in [0.2, 0.25) is 0 Å². The van der Waals surface area contributed by atoms with Crippen LogP contribution in [-0.4, -0.2) is 12.1 Å². The molecule has 1 aliphatic rings. The zero-order chi connectivity index (χ0) is 18.9. The number of nitrogens with zero attached hydrogens (tertiary/aromatic N) is 2. The van der Waals surface area contributed by atoms with Gasteiger partial charge >= 0.3 is 0 Å². The van der Waals surface area contributed by atoms with E-state index in [2.05, 4.69) is 72.8 Å². The fraction of sp³-hybridized carbons (Fsp3) is 0.348. The molecule has 2 nitrogen and oxygen atoms in total. The van der Waals surface area contributed by atoms with Gasteiger partial charge in [-0.25, -0.2) is 0 Å². The number of anilines is 1. The van der Waals surface area contributed by atoms with Crippen LogP contribution in [0.15, 0.2) is 46.9 Å². The number of hydrogen-bond donors (Lipinski definition) is 0. The summed E-state index contributed by atoms with van der Waals surface area (Å²) in [5.41, 5.74) is 5.59. The Hall–Kier alpha value is -2.05. The topological polar surface area (TPSA) is 27.0 Å². The van der Waals surface area contributed by atoms with Gasteiger partial charge in [0, 0.05) is 22.2 Å². The molecule has 0 saturated heterocycles. The maximum absolute atomic E-state index is 9.63. The first-order valence-electron chi connectivity index (χ1n) is 9.15. The summed E-state index contributed by atoms with van der Waals surface area (Å²) in [7, 11) is 0. The monoisotopic (exact) mass is 408 g/mol. The molecule has 0 bridgehead atoms. The zero-order valence-corrected chi connectivity index (χ0v) is 17.5. The molecule has 0 saturated carbocycles. The normalized spacial score (nSPS) is 19.0. The van der Waals surface area contributed by atoms with Crippen molar-refractivity contribution in [1.29, 1.82) is 5.26 Å². The van der Waals surface area contributed by atoms with Crippen molar-refractivity contribution in [1.82, 2.24) is 0 Å². The quantitative estimate of drug-likeness (QED) is 0.421. The van der Waals surface area contributed by atoms with E-state index in [0.29, 0.717) is 11.5 Å². The highest BCUT2D eigenvalue weighted by Crippen LogP contribution is 2.43. The Kier molecular flexibility index (Phi) is 5.25. The first-order chi connectivity index (χ1) is 12.4. The molecule has 0 amide bonds. The predicted molar refractivity (Wildman–Crippen MR) is 114 cm³/mol. The van der Waals surface area contributed by atoms with E-state index in [1.165, 1.54) is 11.3 Å². The van der Waals surface area contributed by atoms with E-state index in [9.17, 15) is 5.26 Å². The van der Waals surface area contributed by atoms with Gasteiger partial charge in [-0.2, -0.15) is 5.26 Å². The van der Waals surface area contributed by atoms with Crippen molar-refractivity contribution in [3.63, 3.8) is 0 Å². The van der Waals surface area contributed by atoms with Crippen LogP contribution in [0, 0.1) is 11.3 Å². The SMILES string of the molecule is CCN1c2ccc(/C=C(/C#N)c3cccc(Br)c3)cc2[C@@H](C)CC1(C)C. The van der Waals surface area contributed by atoms with E-state index in [-0.39, 0.29) is 5.54 Å². The van der Waals surface area contributed by atoms with Gasteiger partial charge in [0.15, 0.2) is 0 Å². The van der Waals surface area contributed by atoms with Crippen molar-refractivity contribution in [2.45, 2.75) is 45.6 Å². The fourth-order valence-corrected chi connectivity index (χ4v) is 4.60. The Labute approximate surface area is 165 Å². The van der Waals surface area contributed by atoms with Crippen molar-refractivity contribution >= 4 is 33.3 Å². The minimum absolute atomic E-state index is 0.173. The van der Waals surface area contributed by atoms with Gasteiger partial charge in [-0.3, -0.25) is 0 Å². The van der Waals surface area contributed by atoms with Gasteiger partial charge in [-0.05, 0) is 80.1 Å². The standard InChI is InChI=1S/C23H25BrN2/c1-5-26-22-10-9-17(12-21(22)16(2)14-23(26,3)4)11-19(15-25)18-7-6-8-20(24)13-18/h6-13,16H,5,14H2,1-4H3/b19-11-/t16-/m0/s1. The van der Waals surface area contributed by atoms with Gasteiger partial charge in [-0.1, -0.05) is 41.1 Å². The van der Waals surface area contributed by atoms with E-state index in [1.54, 1.807) is 0 Å². The minimum atomic E-state index is 0.173. The molecule has 0 N–H and O–H groups in total. The summed E-state index contributed by atoms with van der Waals surface area (Å²) in [6.45, 7) is 10.2. The molecular weight excluding hydrogens is 384 g/mol. The third-order valence-electron chi connectivity index (χ3n) is 5.29. The van der Waals surface area contributed by atoms with Crippen molar-refractivity contribution in [2.75, 3.05) is 11.4 Å². The highest BCUT2D eigenvalue weighted by molar-refractivity contribution is 9.10. The van der Waals surface area contributed by atoms with Crippen LogP contribution in [-0.2, 0) is 0 Å². The summed E-state index contributed by atoms with van der Waals surface area (Å²) in [5.74, 6) is 0.507. The van der Waals surface area contributed by atoms with Crippen LogP contribution in [0.5, 0.6) is 0 Å². The van der Waals surface area contributed by atoms with Crippen LogP contribution >= 0.6 is 15.9 Å². The molecule has 1 aliphatic heterocycles. The molecule has 2 aromatic carbocycles. The number of benzene rings is 2. The van der Waals surface area contributed by atoms with Gasteiger partial charge in [-0.15, -0.1) is 0 Å². The summed E-state index contributed by atoms with van der Waals surface area (Å²) in [5, 5.41) is 9.63. The van der Waals surface area contributed by atoms with Crippen LogP contribution in [0.25, 0.3) is 11.6 Å². The summed E-state index contributed by atoms with van der Waals surface area (Å²) in [4.78, 5) is 2.50. The lowest BCUT2D eigenvalue weighted by atomic mass is 9.79. The molecule has 134 valence electrons. The molecule has 0 fully saturated rings. The van der Waals surface area contributed by atoms with E-state index >= 15 is 0 Å². The maximum atomic E-state index is 9.63. The second-order valence-corrected chi connectivity index (χ2v) is 8.58. The lowest BCUT2D eigenvalue weighted by Gasteiger charge is -2.47. The summed E-state index contributed by atoms with van der Waals surface area (Å²) in [6.07, 6.45) is 3.13. The number of rotatable bonds is 3. The fourth-order valence-electron chi connectivity index (χ4n) is 4.20.